The van der Waals surface area contributed by atoms with E-state index in [0.717, 1.165) is 11.3 Å². The lowest BCUT2D eigenvalue weighted by atomic mass is 10.2. The molecule has 1 aromatic rings. The van der Waals surface area contributed by atoms with Crippen LogP contribution in [0.15, 0.2) is 4.52 Å². The molecule has 0 fully saturated rings. The van der Waals surface area contributed by atoms with E-state index < -0.39 is 0 Å². The maximum atomic E-state index is 11.4. The molecule has 0 bridgehead atoms. The van der Waals surface area contributed by atoms with Gasteiger partial charge in [-0.1, -0.05) is 0 Å². The van der Waals surface area contributed by atoms with Gasteiger partial charge in [-0.15, -0.1) is 0 Å². The lowest BCUT2D eigenvalue weighted by molar-refractivity contribution is 0.125. The number of hydrogen-bond acceptors (Lipinski definition) is 5. The van der Waals surface area contributed by atoms with Crippen LogP contribution < -0.4 is 4.74 Å². The van der Waals surface area contributed by atoms with Gasteiger partial charge in [0.1, 0.15) is 5.76 Å². The third-order valence-corrected chi connectivity index (χ3v) is 2.70. The first kappa shape index (κ1) is 10.8. The maximum Gasteiger partial charge on any atom is 0.409 e. The predicted octanol–water partition coefficient (Wildman–Crippen LogP) is 0.850. The third-order valence-electron chi connectivity index (χ3n) is 2.70. The molecule has 0 N–H and O–H groups in total. The van der Waals surface area contributed by atoms with Crippen LogP contribution in [0, 0.1) is 0 Å². The van der Waals surface area contributed by atoms with Crippen molar-refractivity contribution in [3.8, 4) is 5.88 Å². The second-order valence-electron chi connectivity index (χ2n) is 3.55. The molecule has 2 heterocycles. The Morgan fingerprint density at radius 1 is 1.38 bits per heavy atom. The predicted molar refractivity (Wildman–Crippen MR) is 54.4 cm³/mol. The Labute approximate surface area is 93.1 Å². The smallest absolute Gasteiger partial charge is 0.409 e. The van der Waals surface area contributed by atoms with Gasteiger partial charge in [0, 0.05) is 19.5 Å². The topological polar surface area (TPSA) is 64.8 Å². The van der Waals surface area contributed by atoms with Gasteiger partial charge in [0.2, 0.25) is 0 Å². The molecule has 0 aromatic carbocycles. The average Bonchev–Trinajstić information content (AvgIpc) is 2.59. The summed E-state index contributed by atoms with van der Waals surface area (Å²) in [7, 11) is 2.94. The standard InChI is InChI=1S/C10H14N2O4/c1-14-9-7-3-5-12(10(13)15-2)6-4-8(7)16-11-9/h3-6H2,1-2H3. The van der Waals surface area contributed by atoms with Gasteiger partial charge < -0.3 is 18.9 Å². The lowest BCUT2D eigenvalue weighted by Gasteiger charge is -2.17. The molecule has 0 saturated carbocycles. The van der Waals surface area contributed by atoms with Crippen LogP contribution in [0.1, 0.15) is 11.3 Å². The molecule has 2 rings (SSSR count). The van der Waals surface area contributed by atoms with Gasteiger partial charge in [-0.3, -0.25) is 0 Å². The highest BCUT2D eigenvalue weighted by Crippen LogP contribution is 2.25. The number of fused-ring (bicyclic) bond motifs is 1. The SMILES string of the molecule is COC(=O)N1CCc2onc(OC)c2CC1. The van der Waals surface area contributed by atoms with Gasteiger partial charge in [0.05, 0.1) is 19.8 Å². The summed E-state index contributed by atoms with van der Waals surface area (Å²) in [6.07, 6.45) is 1.01. The van der Waals surface area contributed by atoms with E-state index in [1.54, 1.807) is 12.0 Å². The largest absolute Gasteiger partial charge is 0.479 e. The number of ether oxygens (including phenoxy) is 2. The minimum Gasteiger partial charge on any atom is -0.479 e. The second-order valence-corrected chi connectivity index (χ2v) is 3.55. The fourth-order valence-electron chi connectivity index (χ4n) is 1.84. The minimum absolute atomic E-state index is 0.308. The quantitative estimate of drug-likeness (QED) is 0.710. The molecule has 1 aromatic heterocycles. The summed E-state index contributed by atoms with van der Waals surface area (Å²) in [5, 5.41) is 3.82. The molecule has 1 aliphatic heterocycles. The fourth-order valence-corrected chi connectivity index (χ4v) is 1.84. The van der Waals surface area contributed by atoms with Crippen molar-refractivity contribution in [3.63, 3.8) is 0 Å². The first-order valence-electron chi connectivity index (χ1n) is 5.10. The molecule has 0 spiro atoms. The van der Waals surface area contributed by atoms with Crippen molar-refractivity contribution in [2.75, 3.05) is 27.3 Å². The highest BCUT2D eigenvalue weighted by atomic mass is 16.5. The van der Waals surface area contributed by atoms with Crippen LogP contribution in [0.2, 0.25) is 0 Å². The van der Waals surface area contributed by atoms with Crippen LogP contribution in [-0.4, -0.2) is 43.5 Å². The number of methoxy groups -OCH3 is 2. The summed E-state index contributed by atoms with van der Waals surface area (Å²) in [6, 6.07) is 0. The first-order chi connectivity index (χ1) is 7.76. The van der Waals surface area contributed by atoms with E-state index in [1.165, 1.54) is 7.11 Å². The van der Waals surface area contributed by atoms with Crippen LogP contribution >= 0.6 is 0 Å². The van der Waals surface area contributed by atoms with Crippen LogP contribution in [0.25, 0.3) is 0 Å². The van der Waals surface area contributed by atoms with Crippen LogP contribution in [0.5, 0.6) is 5.88 Å². The molecule has 1 aliphatic rings. The molecule has 6 nitrogen and oxygen atoms in total. The zero-order valence-corrected chi connectivity index (χ0v) is 9.36. The highest BCUT2D eigenvalue weighted by Gasteiger charge is 2.24. The van der Waals surface area contributed by atoms with Crippen molar-refractivity contribution in [1.29, 1.82) is 0 Å². The Kier molecular flexibility index (Phi) is 2.98. The summed E-state index contributed by atoms with van der Waals surface area (Å²) in [5.74, 6) is 1.31. The maximum absolute atomic E-state index is 11.4. The zero-order chi connectivity index (χ0) is 11.5. The molecule has 0 radical (unpaired) electrons. The Hall–Kier alpha value is -1.72. The van der Waals surface area contributed by atoms with E-state index in [0.29, 0.717) is 31.8 Å². The summed E-state index contributed by atoms with van der Waals surface area (Å²) in [4.78, 5) is 13.0. The average molecular weight is 226 g/mol. The summed E-state index contributed by atoms with van der Waals surface area (Å²) in [6.45, 7) is 1.18. The molecule has 16 heavy (non-hydrogen) atoms. The van der Waals surface area contributed by atoms with E-state index in [9.17, 15) is 4.79 Å². The van der Waals surface area contributed by atoms with Gasteiger partial charge in [-0.05, 0) is 11.6 Å². The van der Waals surface area contributed by atoms with E-state index >= 15 is 0 Å². The number of rotatable bonds is 1. The number of carbonyl (C=O) groups excluding carboxylic acids is 1. The van der Waals surface area contributed by atoms with Crippen LogP contribution in [0.4, 0.5) is 4.79 Å². The second kappa shape index (κ2) is 4.42. The van der Waals surface area contributed by atoms with E-state index in [-0.39, 0.29) is 6.09 Å². The number of aromatic nitrogens is 1. The number of nitrogens with zero attached hydrogens (tertiary/aromatic N) is 2. The molecule has 1 amide bonds. The molecule has 0 unspecified atom stereocenters. The summed E-state index contributed by atoms with van der Waals surface area (Å²) in [5.41, 5.74) is 0.953. The monoisotopic (exact) mass is 226 g/mol. The van der Waals surface area contributed by atoms with Crippen molar-refractivity contribution >= 4 is 6.09 Å². The Morgan fingerprint density at radius 2 is 2.12 bits per heavy atom. The molecule has 0 aliphatic carbocycles. The number of amides is 1. The van der Waals surface area contributed by atoms with Crippen molar-refractivity contribution in [1.82, 2.24) is 10.1 Å². The van der Waals surface area contributed by atoms with Crippen molar-refractivity contribution in [2.45, 2.75) is 12.8 Å². The van der Waals surface area contributed by atoms with E-state index in [4.69, 9.17) is 9.26 Å². The zero-order valence-electron chi connectivity index (χ0n) is 9.36. The Bertz CT molecular complexity index is 388. The number of hydrogen-bond donors (Lipinski definition) is 0. The third kappa shape index (κ3) is 1.82. The normalized spacial score (nSPS) is 15.2. The molecule has 0 atom stereocenters. The van der Waals surface area contributed by atoms with Gasteiger partial charge in [-0.2, -0.15) is 0 Å². The highest BCUT2D eigenvalue weighted by molar-refractivity contribution is 5.67. The van der Waals surface area contributed by atoms with Gasteiger partial charge >= 0.3 is 6.09 Å². The molecule has 0 saturated heterocycles. The molecular formula is C10H14N2O4. The van der Waals surface area contributed by atoms with Gasteiger partial charge in [-0.25, -0.2) is 4.79 Å². The van der Waals surface area contributed by atoms with Crippen LogP contribution in [0.3, 0.4) is 0 Å². The summed E-state index contributed by atoms with van der Waals surface area (Å²) >= 11 is 0. The molecule has 88 valence electrons. The van der Waals surface area contributed by atoms with Crippen molar-refractivity contribution in [2.24, 2.45) is 0 Å². The van der Waals surface area contributed by atoms with Crippen LogP contribution in [-0.2, 0) is 17.6 Å². The van der Waals surface area contributed by atoms with Crippen molar-refractivity contribution in [3.05, 3.63) is 11.3 Å². The summed E-state index contributed by atoms with van der Waals surface area (Å²) < 4.78 is 14.9. The lowest BCUT2D eigenvalue weighted by Crippen LogP contribution is -2.33. The van der Waals surface area contributed by atoms with E-state index in [1.807, 2.05) is 0 Å². The molecule has 6 heteroatoms. The molecular weight excluding hydrogens is 212 g/mol. The van der Waals surface area contributed by atoms with Gasteiger partial charge in [0.15, 0.2) is 0 Å². The first-order valence-corrected chi connectivity index (χ1v) is 5.10. The van der Waals surface area contributed by atoms with E-state index in [2.05, 4.69) is 9.89 Å². The minimum atomic E-state index is -0.308. The van der Waals surface area contributed by atoms with Crippen molar-refractivity contribution < 1.29 is 18.8 Å². The Morgan fingerprint density at radius 3 is 2.81 bits per heavy atom. The Balaban J connectivity index is 2.13. The van der Waals surface area contributed by atoms with Gasteiger partial charge in [0.25, 0.3) is 5.88 Å². The number of carbonyl (C=O) groups is 1. The fraction of sp³-hybridized carbons (Fsp3) is 0.600.